The number of nitrogens with zero attached hydrogens (tertiary/aromatic N) is 9. The van der Waals surface area contributed by atoms with Gasteiger partial charge in [-0.2, -0.15) is 10.2 Å². The maximum Gasteiger partial charge on any atom is 0.239 e. The van der Waals surface area contributed by atoms with E-state index < -0.39 is 7.14 Å². The standard InChI is InChI=1S/C19H21N7O2.C17H20N5O2P/c27-17-12-26(6-5-20-17)15-11-16(25-7-9-28-10-8-25)23-18-13(15)1-3-21-19(18)14-2-4-22-24-14;1-25(2,23)14-11-15(22-7-9-24-10-8-22)20-16-12(14)3-5-18-17(16)13-4-6-19-21-13/h1-4,11H,5-10,12H2,(H,20,27)(H,22,24);3-6,11H,7-10H2,1-2H3,(H,19,21). The Balaban J connectivity index is 0.000000152. The molecule has 0 aliphatic carbocycles. The van der Waals surface area contributed by atoms with Crippen molar-refractivity contribution in [1.29, 1.82) is 0 Å². The maximum atomic E-state index is 13.0. The van der Waals surface area contributed by atoms with Crippen molar-refractivity contribution < 1.29 is 18.8 Å². The Bertz CT molecular complexity index is 2270. The van der Waals surface area contributed by atoms with Gasteiger partial charge in [0.15, 0.2) is 0 Å². The molecule has 0 atom stereocenters. The zero-order chi connectivity index (χ0) is 36.4. The molecule has 0 spiro atoms. The Morgan fingerprint density at radius 3 is 1.75 bits per heavy atom. The molecule has 3 N–H and O–H groups in total. The van der Waals surface area contributed by atoms with Crippen LogP contribution < -0.4 is 25.3 Å². The molecule has 6 aromatic rings. The Hall–Kier alpha value is -5.44. The molecule has 274 valence electrons. The van der Waals surface area contributed by atoms with Crippen LogP contribution in [0.15, 0.2) is 61.2 Å². The lowest BCUT2D eigenvalue weighted by molar-refractivity contribution is -0.120. The predicted molar refractivity (Wildman–Crippen MR) is 205 cm³/mol. The Kier molecular flexibility index (Phi) is 9.73. The van der Waals surface area contributed by atoms with Crippen LogP contribution in [-0.2, 0) is 18.8 Å². The van der Waals surface area contributed by atoms with Crippen molar-refractivity contribution in [2.45, 2.75) is 0 Å². The summed E-state index contributed by atoms with van der Waals surface area (Å²) in [5.41, 5.74) is 5.65. The van der Waals surface area contributed by atoms with E-state index in [1.807, 2.05) is 30.3 Å². The molecular weight excluding hydrogens is 695 g/mol. The van der Waals surface area contributed by atoms with Crippen LogP contribution in [-0.4, -0.2) is 132 Å². The van der Waals surface area contributed by atoms with Crippen LogP contribution in [0.2, 0.25) is 0 Å². The van der Waals surface area contributed by atoms with Gasteiger partial charge in [-0.3, -0.25) is 25.0 Å². The van der Waals surface area contributed by atoms with Crippen LogP contribution in [0, 0.1) is 0 Å². The third kappa shape index (κ3) is 7.30. The van der Waals surface area contributed by atoms with Gasteiger partial charge in [-0.15, -0.1) is 0 Å². The van der Waals surface area contributed by atoms with Crippen LogP contribution in [0.25, 0.3) is 44.6 Å². The lowest BCUT2D eigenvalue weighted by Crippen LogP contribution is -2.47. The molecule has 3 aliphatic rings. The van der Waals surface area contributed by atoms with E-state index in [2.05, 4.69) is 56.4 Å². The summed E-state index contributed by atoms with van der Waals surface area (Å²) in [7, 11) is -2.49. The summed E-state index contributed by atoms with van der Waals surface area (Å²) in [6.45, 7) is 11.1. The van der Waals surface area contributed by atoms with Crippen molar-refractivity contribution in [3.8, 4) is 22.8 Å². The summed E-state index contributed by atoms with van der Waals surface area (Å²) >= 11 is 0. The molecule has 3 fully saturated rings. The zero-order valence-corrected chi connectivity index (χ0v) is 30.6. The minimum atomic E-state index is -2.49. The number of morpholine rings is 2. The highest BCUT2D eigenvalue weighted by molar-refractivity contribution is 7.70. The van der Waals surface area contributed by atoms with Crippen molar-refractivity contribution in [2.75, 3.05) is 100 Å². The smallest absolute Gasteiger partial charge is 0.239 e. The molecule has 6 aromatic heterocycles. The number of fused-ring (bicyclic) bond motifs is 2. The number of piperazine rings is 1. The fourth-order valence-electron chi connectivity index (χ4n) is 6.87. The minimum Gasteiger partial charge on any atom is -0.378 e. The van der Waals surface area contributed by atoms with E-state index in [0.717, 1.165) is 99.9 Å². The number of amides is 1. The van der Waals surface area contributed by atoms with E-state index >= 15 is 0 Å². The molecule has 3 saturated heterocycles. The number of ether oxygens (including phenoxy) is 2. The molecule has 17 heteroatoms. The number of rotatable bonds is 6. The first-order valence-electron chi connectivity index (χ1n) is 17.6. The molecule has 53 heavy (non-hydrogen) atoms. The molecule has 0 radical (unpaired) electrons. The zero-order valence-electron chi connectivity index (χ0n) is 29.7. The van der Waals surface area contributed by atoms with Crippen molar-refractivity contribution in [3.63, 3.8) is 0 Å². The Labute approximate surface area is 305 Å². The highest BCUT2D eigenvalue weighted by Gasteiger charge is 2.25. The number of hydrogen-bond acceptors (Lipinski definition) is 13. The molecule has 9 rings (SSSR count). The summed E-state index contributed by atoms with van der Waals surface area (Å²) in [4.78, 5) is 37.4. The monoisotopic (exact) mass is 736 g/mol. The van der Waals surface area contributed by atoms with Gasteiger partial charge in [0.2, 0.25) is 5.91 Å². The number of carbonyl (C=O) groups excluding carboxylic acids is 1. The summed E-state index contributed by atoms with van der Waals surface area (Å²) in [5.74, 6) is 1.74. The number of anilines is 3. The van der Waals surface area contributed by atoms with Crippen LogP contribution >= 0.6 is 7.14 Å². The number of aromatic amines is 2. The SMILES string of the molecule is CP(C)(=O)c1cc(N2CCOCC2)nc2c(-c3ccn[nH]3)nccc12.O=C1CN(c2cc(N3CCOCC3)nc3c(-c4ccn[nH]4)nccc23)CCN1. The number of carbonyl (C=O) groups is 1. The quantitative estimate of drug-likeness (QED) is 0.213. The first kappa shape index (κ1) is 34.6. The van der Waals surface area contributed by atoms with Gasteiger partial charge in [-0.05, 0) is 43.7 Å². The first-order chi connectivity index (χ1) is 25.8. The molecule has 1 amide bonds. The van der Waals surface area contributed by atoms with Gasteiger partial charge in [0.05, 0.1) is 50.0 Å². The van der Waals surface area contributed by atoms with Gasteiger partial charge in [-0.1, -0.05) is 0 Å². The Morgan fingerprint density at radius 2 is 1.23 bits per heavy atom. The lowest BCUT2D eigenvalue weighted by atomic mass is 10.1. The highest BCUT2D eigenvalue weighted by atomic mass is 31.2. The van der Waals surface area contributed by atoms with Crippen LogP contribution in [0.4, 0.5) is 17.3 Å². The maximum absolute atomic E-state index is 13.0. The topological polar surface area (TPSA) is 183 Å². The lowest BCUT2D eigenvalue weighted by Gasteiger charge is -2.32. The second-order valence-corrected chi connectivity index (χ2v) is 16.6. The molecule has 9 heterocycles. The number of hydrogen-bond donors (Lipinski definition) is 3. The minimum absolute atomic E-state index is 0.0342. The van der Waals surface area contributed by atoms with Crippen molar-refractivity contribution in [2.24, 2.45) is 0 Å². The molecule has 0 aromatic carbocycles. The van der Waals surface area contributed by atoms with Gasteiger partial charge in [0.25, 0.3) is 0 Å². The summed E-state index contributed by atoms with van der Waals surface area (Å²) in [5, 5.41) is 19.6. The van der Waals surface area contributed by atoms with E-state index in [-0.39, 0.29) is 5.91 Å². The third-order valence-electron chi connectivity index (χ3n) is 9.53. The first-order valence-corrected chi connectivity index (χ1v) is 20.3. The van der Waals surface area contributed by atoms with E-state index in [9.17, 15) is 9.36 Å². The predicted octanol–water partition coefficient (Wildman–Crippen LogP) is 2.90. The molecule has 0 bridgehead atoms. The number of aromatic nitrogens is 8. The number of pyridine rings is 4. The molecule has 3 aliphatic heterocycles. The largest absolute Gasteiger partial charge is 0.378 e. The number of H-pyrrole nitrogens is 2. The molecule has 0 saturated carbocycles. The van der Waals surface area contributed by atoms with Gasteiger partial charge in [0.1, 0.15) is 41.2 Å². The third-order valence-corrected chi connectivity index (χ3v) is 11.1. The second kappa shape index (κ2) is 14.9. The average Bonchev–Trinajstić information content (AvgIpc) is 3.93. The van der Waals surface area contributed by atoms with Crippen LogP contribution in [0.5, 0.6) is 0 Å². The van der Waals surface area contributed by atoms with Crippen molar-refractivity contribution in [1.82, 2.24) is 45.6 Å². The highest BCUT2D eigenvalue weighted by Crippen LogP contribution is 2.40. The normalized spacial score (nSPS) is 16.8. The molecule has 0 unspecified atom stereocenters. The van der Waals surface area contributed by atoms with E-state index in [1.54, 1.807) is 38.1 Å². The van der Waals surface area contributed by atoms with E-state index in [4.69, 9.17) is 19.4 Å². The molecular formula is C36H41N12O4P. The van der Waals surface area contributed by atoms with Crippen molar-refractivity contribution >= 4 is 57.5 Å². The average molecular weight is 737 g/mol. The van der Waals surface area contributed by atoms with Gasteiger partial charge < -0.3 is 34.1 Å². The Morgan fingerprint density at radius 1 is 0.679 bits per heavy atom. The van der Waals surface area contributed by atoms with E-state index in [1.165, 1.54) is 0 Å². The van der Waals surface area contributed by atoms with E-state index in [0.29, 0.717) is 39.5 Å². The summed E-state index contributed by atoms with van der Waals surface area (Å²) in [6, 6.07) is 11.7. The molecule has 16 nitrogen and oxygen atoms in total. The fourth-order valence-corrected chi connectivity index (χ4v) is 8.06. The summed E-state index contributed by atoms with van der Waals surface area (Å²) in [6.07, 6.45) is 6.90. The van der Waals surface area contributed by atoms with Crippen LogP contribution in [0.1, 0.15) is 0 Å². The second-order valence-electron chi connectivity index (χ2n) is 13.4. The fraction of sp³-hybridized carbons (Fsp3) is 0.361. The summed E-state index contributed by atoms with van der Waals surface area (Å²) < 4.78 is 23.9. The van der Waals surface area contributed by atoms with Gasteiger partial charge in [0, 0.05) is 86.2 Å². The number of nitrogens with one attached hydrogen (secondary N) is 3. The van der Waals surface area contributed by atoms with Gasteiger partial charge >= 0.3 is 0 Å². The van der Waals surface area contributed by atoms with Gasteiger partial charge in [-0.25, -0.2) is 9.97 Å². The van der Waals surface area contributed by atoms with Crippen molar-refractivity contribution in [3.05, 3.63) is 61.2 Å². The van der Waals surface area contributed by atoms with Crippen LogP contribution in [0.3, 0.4) is 0 Å².